The van der Waals surface area contributed by atoms with Crippen LogP contribution in [0.15, 0.2) is 36.4 Å². The number of aryl methyl sites for hydroxylation is 1. The first kappa shape index (κ1) is 13.3. The van der Waals surface area contributed by atoms with Crippen LogP contribution in [0.3, 0.4) is 0 Å². The van der Waals surface area contributed by atoms with E-state index in [1.807, 2.05) is 6.92 Å². The molecule has 2 aromatic rings. The van der Waals surface area contributed by atoms with Crippen LogP contribution in [0.5, 0.6) is 0 Å². The standard InChI is InChI=1S/C16H21NS/c1-3-4-5-13-6-8-14(9-7-13)16-11-10-15(18-16)12(2)17/h6-12H,3-5,17H2,1-2H3. The fraction of sp³-hybridized carbons (Fsp3) is 0.375. The summed E-state index contributed by atoms with van der Waals surface area (Å²) in [5, 5.41) is 0. The molecule has 0 spiro atoms. The first-order valence-corrected chi connectivity index (χ1v) is 7.47. The summed E-state index contributed by atoms with van der Waals surface area (Å²) in [6, 6.07) is 13.4. The molecule has 1 heterocycles. The van der Waals surface area contributed by atoms with Crippen LogP contribution in [0.2, 0.25) is 0 Å². The Hall–Kier alpha value is -1.12. The Bertz CT molecular complexity index is 482. The normalized spacial score (nSPS) is 12.6. The van der Waals surface area contributed by atoms with E-state index >= 15 is 0 Å². The summed E-state index contributed by atoms with van der Waals surface area (Å²) in [7, 11) is 0. The lowest BCUT2D eigenvalue weighted by Gasteiger charge is -2.02. The van der Waals surface area contributed by atoms with Gasteiger partial charge in [-0.1, -0.05) is 37.6 Å². The number of thiophene rings is 1. The van der Waals surface area contributed by atoms with E-state index in [2.05, 4.69) is 43.3 Å². The quantitative estimate of drug-likeness (QED) is 0.821. The zero-order chi connectivity index (χ0) is 13.0. The second kappa shape index (κ2) is 6.17. The van der Waals surface area contributed by atoms with Crippen molar-refractivity contribution in [3.8, 4) is 10.4 Å². The molecule has 96 valence electrons. The highest BCUT2D eigenvalue weighted by molar-refractivity contribution is 7.15. The molecule has 1 atom stereocenters. The van der Waals surface area contributed by atoms with Gasteiger partial charge in [0.2, 0.25) is 0 Å². The van der Waals surface area contributed by atoms with Gasteiger partial charge in [0.15, 0.2) is 0 Å². The molecule has 1 nitrogen and oxygen atoms in total. The topological polar surface area (TPSA) is 26.0 Å². The molecule has 0 aliphatic carbocycles. The number of hydrogen-bond acceptors (Lipinski definition) is 2. The fourth-order valence-corrected chi connectivity index (χ4v) is 2.94. The maximum absolute atomic E-state index is 5.89. The van der Waals surface area contributed by atoms with Crippen molar-refractivity contribution in [2.75, 3.05) is 0 Å². The third-order valence-electron chi connectivity index (χ3n) is 3.13. The van der Waals surface area contributed by atoms with Crippen LogP contribution in [-0.4, -0.2) is 0 Å². The van der Waals surface area contributed by atoms with E-state index in [0.29, 0.717) is 0 Å². The Morgan fingerprint density at radius 3 is 2.39 bits per heavy atom. The summed E-state index contributed by atoms with van der Waals surface area (Å²) in [5.41, 5.74) is 8.63. The minimum absolute atomic E-state index is 0.132. The summed E-state index contributed by atoms with van der Waals surface area (Å²) in [6.45, 7) is 4.26. The highest BCUT2D eigenvalue weighted by Gasteiger charge is 2.05. The number of nitrogens with two attached hydrogens (primary N) is 1. The van der Waals surface area contributed by atoms with Crippen LogP contribution in [0.4, 0.5) is 0 Å². The monoisotopic (exact) mass is 259 g/mol. The Morgan fingerprint density at radius 1 is 1.11 bits per heavy atom. The van der Waals surface area contributed by atoms with Gasteiger partial charge in [0, 0.05) is 15.8 Å². The van der Waals surface area contributed by atoms with Gasteiger partial charge in [-0.05, 0) is 43.0 Å². The van der Waals surface area contributed by atoms with E-state index < -0.39 is 0 Å². The molecule has 1 aromatic carbocycles. The van der Waals surface area contributed by atoms with Gasteiger partial charge < -0.3 is 5.73 Å². The van der Waals surface area contributed by atoms with Gasteiger partial charge in [-0.15, -0.1) is 11.3 Å². The Labute approximate surface area is 114 Å². The molecular weight excluding hydrogens is 238 g/mol. The molecule has 1 aromatic heterocycles. The van der Waals surface area contributed by atoms with Gasteiger partial charge in [-0.25, -0.2) is 0 Å². The summed E-state index contributed by atoms with van der Waals surface area (Å²) >= 11 is 1.79. The average molecular weight is 259 g/mol. The Morgan fingerprint density at radius 2 is 1.83 bits per heavy atom. The average Bonchev–Trinajstić information content (AvgIpc) is 2.87. The van der Waals surface area contributed by atoms with Crippen molar-refractivity contribution < 1.29 is 0 Å². The van der Waals surface area contributed by atoms with Crippen LogP contribution in [0.25, 0.3) is 10.4 Å². The van der Waals surface area contributed by atoms with Gasteiger partial charge in [-0.2, -0.15) is 0 Å². The molecule has 18 heavy (non-hydrogen) atoms. The van der Waals surface area contributed by atoms with Crippen LogP contribution in [0.1, 0.15) is 43.2 Å². The maximum atomic E-state index is 5.89. The van der Waals surface area contributed by atoms with Crippen molar-refractivity contribution in [1.29, 1.82) is 0 Å². The van der Waals surface area contributed by atoms with E-state index in [0.717, 1.165) is 0 Å². The SMILES string of the molecule is CCCCc1ccc(-c2ccc(C(C)N)s2)cc1. The van der Waals surface area contributed by atoms with Crippen molar-refractivity contribution in [1.82, 2.24) is 0 Å². The van der Waals surface area contributed by atoms with E-state index in [4.69, 9.17) is 5.73 Å². The van der Waals surface area contributed by atoms with Crippen LogP contribution in [-0.2, 0) is 6.42 Å². The Kier molecular flexibility index (Phi) is 4.56. The number of rotatable bonds is 5. The van der Waals surface area contributed by atoms with Crippen molar-refractivity contribution >= 4 is 11.3 Å². The predicted molar refractivity (Wildman–Crippen MR) is 81.0 cm³/mol. The second-order valence-electron chi connectivity index (χ2n) is 4.79. The number of benzene rings is 1. The lowest BCUT2D eigenvalue weighted by atomic mass is 10.1. The van der Waals surface area contributed by atoms with Gasteiger partial charge in [-0.3, -0.25) is 0 Å². The predicted octanol–water partition coefficient (Wildman–Crippen LogP) is 4.78. The van der Waals surface area contributed by atoms with Gasteiger partial charge >= 0.3 is 0 Å². The van der Waals surface area contributed by atoms with Crippen LogP contribution in [0, 0.1) is 0 Å². The summed E-state index contributed by atoms with van der Waals surface area (Å²) in [6.07, 6.45) is 3.71. The van der Waals surface area contributed by atoms with Crippen LogP contribution >= 0.6 is 11.3 Å². The molecule has 0 aliphatic rings. The number of hydrogen-bond donors (Lipinski definition) is 1. The number of unbranched alkanes of at least 4 members (excludes halogenated alkanes) is 1. The second-order valence-corrected chi connectivity index (χ2v) is 5.91. The van der Waals surface area contributed by atoms with Crippen molar-refractivity contribution in [2.24, 2.45) is 5.73 Å². The lowest BCUT2D eigenvalue weighted by Crippen LogP contribution is -2.01. The fourth-order valence-electron chi connectivity index (χ4n) is 1.97. The van der Waals surface area contributed by atoms with E-state index in [9.17, 15) is 0 Å². The molecule has 0 fully saturated rings. The first-order chi connectivity index (χ1) is 8.70. The zero-order valence-corrected chi connectivity index (χ0v) is 12.0. The van der Waals surface area contributed by atoms with E-state index in [1.54, 1.807) is 11.3 Å². The molecule has 2 N–H and O–H groups in total. The highest BCUT2D eigenvalue weighted by Crippen LogP contribution is 2.30. The summed E-state index contributed by atoms with van der Waals surface area (Å²) in [4.78, 5) is 2.56. The van der Waals surface area contributed by atoms with Crippen molar-refractivity contribution in [2.45, 2.75) is 39.2 Å². The maximum Gasteiger partial charge on any atom is 0.0361 e. The molecule has 0 radical (unpaired) electrons. The third kappa shape index (κ3) is 3.21. The minimum Gasteiger partial charge on any atom is -0.324 e. The Balaban J connectivity index is 2.12. The highest BCUT2D eigenvalue weighted by atomic mass is 32.1. The van der Waals surface area contributed by atoms with Gasteiger partial charge in [0.05, 0.1) is 0 Å². The lowest BCUT2D eigenvalue weighted by molar-refractivity contribution is 0.795. The molecule has 1 unspecified atom stereocenters. The van der Waals surface area contributed by atoms with Gasteiger partial charge in [0.1, 0.15) is 0 Å². The zero-order valence-electron chi connectivity index (χ0n) is 11.1. The largest absolute Gasteiger partial charge is 0.324 e. The smallest absolute Gasteiger partial charge is 0.0361 e. The molecule has 0 saturated heterocycles. The third-order valence-corrected chi connectivity index (χ3v) is 4.47. The minimum atomic E-state index is 0.132. The molecule has 0 aliphatic heterocycles. The van der Waals surface area contributed by atoms with Crippen LogP contribution < -0.4 is 5.73 Å². The van der Waals surface area contributed by atoms with E-state index in [-0.39, 0.29) is 6.04 Å². The molecule has 0 amide bonds. The van der Waals surface area contributed by atoms with Gasteiger partial charge in [0.25, 0.3) is 0 Å². The van der Waals surface area contributed by atoms with Crippen molar-refractivity contribution in [3.05, 3.63) is 46.8 Å². The molecule has 0 bridgehead atoms. The van der Waals surface area contributed by atoms with E-state index in [1.165, 1.54) is 40.1 Å². The molecule has 2 heteroatoms. The summed E-state index contributed by atoms with van der Waals surface area (Å²) in [5.74, 6) is 0. The molecular formula is C16H21NS. The first-order valence-electron chi connectivity index (χ1n) is 6.65. The van der Waals surface area contributed by atoms with Crippen molar-refractivity contribution in [3.63, 3.8) is 0 Å². The molecule has 0 saturated carbocycles. The summed E-state index contributed by atoms with van der Waals surface area (Å²) < 4.78 is 0. The molecule has 2 rings (SSSR count).